The van der Waals surface area contributed by atoms with Crippen molar-refractivity contribution in [1.82, 2.24) is 25.1 Å². The number of piperidine rings is 1. The van der Waals surface area contributed by atoms with Gasteiger partial charge >= 0.3 is 0 Å². The molecule has 5 rings (SSSR count). The van der Waals surface area contributed by atoms with Gasteiger partial charge in [0.1, 0.15) is 17.9 Å². The minimum atomic E-state index is -0.253. The van der Waals surface area contributed by atoms with Crippen LogP contribution in [0.1, 0.15) is 35.8 Å². The first-order valence-electron chi connectivity index (χ1n) is 12.9. The summed E-state index contributed by atoms with van der Waals surface area (Å²) >= 11 is 0. The number of carbonyl (C=O) groups is 2. The van der Waals surface area contributed by atoms with Crippen LogP contribution in [0.2, 0.25) is 0 Å². The van der Waals surface area contributed by atoms with Gasteiger partial charge in [0.2, 0.25) is 5.91 Å². The van der Waals surface area contributed by atoms with Crippen LogP contribution in [-0.4, -0.2) is 64.4 Å². The molecule has 3 N–H and O–H groups in total. The molecule has 1 atom stereocenters. The SMILES string of the molecule is C=CC(=O)NC1CCCN(Cc2ccnc(C(=O)Nc3ccc(-c4cc5c([nH]4)=NCN(C)C=5C)cc3)c2)C1. The first kappa shape index (κ1) is 25.4. The van der Waals surface area contributed by atoms with Crippen molar-refractivity contribution >= 4 is 23.2 Å². The molecule has 2 amide bonds. The lowest BCUT2D eigenvalue weighted by atomic mass is 10.0. The van der Waals surface area contributed by atoms with E-state index in [0.29, 0.717) is 24.6 Å². The Bertz CT molecular complexity index is 1480. The maximum absolute atomic E-state index is 12.9. The Labute approximate surface area is 222 Å². The van der Waals surface area contributed by atoms with Crippen LogP contribution in [0, 0.1) is 0 Å². The fourth-order valence-corrected chi connectivity index (χ4v) is 4.95. The van der Waals surface area contributed by atoms with Crippen molar-refractivity contribution in [3.8, 4) is 11.3 Å². The molecule has 1 saturated heterocycles. The molecule has 38 heavy (non-hydrogen) atoms. The Kier molecular flexibility index (Phi) is 7.37. The van der Waals surface area contributed by atoms with Gasteiger partial charge in [-0.1, -0.05) is 18.7 Å². The van der Waals surface area contributed by atoms with Gasteiger partial charge in [0.25, 0.3) is 5.91 Å². The summed E-state index contributed by atoms with van der Waals surface area (Å²) in [6.45, 7) is 8.67. The molecular formula is C29H33N7O2. The van der Waals surface area contributed by atoms with E-state index in [1.165, 1.54) is 11.8 Å². The summed E-state index contributed by atoms with van der Waals surface area (Å²) in [5.74, 6) is -0.395. The van der Waals surface area contributed by atoms with E-state index in [1.54, 1.807) is 6.20 Å². The monoisotopic (exact) mass is 511 g/mol. The first-order valence-corrected chi connectivity index (χ1v) is 12.9. The van der Waals surface area contributed by atoms with Crippen LogP contribution in [0.3, 0.4) is 0 Å². The van der Waals surface area contributed by atoms with Crippen molar-refractivity contribution in [2.45, 2.75) is 32.4 Å². The second-order valence-electron chi connectivity index (χ2n) is 9.90. The van der Waals surface area contributed by atoms with Crippen LogP contribution in [0.15, 0.2) is 66.3 Å². The lowest BCUT2D eigenvalue weighted by Gasteiger charge is -2.33. The Morgan fingerprint density at radius 3 is 2.82 bits per heavy atom. The van der Waals surface area contributed by atoms with Gasteiger partial charge in [0.05, 0.1) is 0 Å². The van der Waals surface area contributed by atoms with E-state index in [-0.39, 0.29) is 17.9 Å². The summed E-state index contributed by atoms with van der Waals surface area (Å²) in [6, 6.07) is 13.7. The Morgan fingerprint density at radius 1 is 1.21 bits per heavy atom. The Balaban J connectivity index is 1.22. The average Bonchev–Trinajstić information content (AvgIpc) is 3.37. The number of aromatic nitrogens is 2. The zero-order valence-corrected chi connectivity index (χ0v) is 21.8. The zero-order valence-electron chi connectivity index (χ0n) is 21.8. The van der Waals surface area contributed by atoms with Gasteiger partial charge in [-0.3, -0.25) is 19.5 Å². The van der Waals surface area contributed by atoms with Gasteiger partial charge in [0.15, 0.2) is 0 Å². The first-order chi connectivity index (χ1) is 18.4. The largest absolute Gasteiger partial charge is 0.358 e. The van der Waals surface area contributed by atoms with E-state index in [2.05, 4.69) is 55.0 Å². The highest BCUT2D eigenvalue weighted by atomic mass is 16.2. The number of anilines is 1. The summed E-state index contributed by atoms with van der Waals surface area (Å²) in [5, 5.41) is 7.05. The molecule has 0 spiro atoms. The summed E-state index contributed by atoms with van der Waals surface area (Å²) in [6.07, 6.45) is 4.94. The second kappa shape index (κ2) is 11.0. The number of H-pyrrole nitrogens is 1. The number of pyridine rings is 1. The van der Waals surface area contributed by atoms with Crippen LogP contribution in [-0.2, 0) is 11.3 Å². The van der Waals surface area contributed by atoms with Gasteiger partial charge in [-0.15, -0.1) is 0 Å². The Hall–Kier alpha value is -4.24. The molecule has 1 fully saturated rings. The third-order valence-electron chi connectivity index (χ3n) is 7.15. The van der Waals surface area contributed by atoms with Crippen molar-refractivity contribution < 1.29 is 9.59 Å². The number of nitrogens with zero attached hydrogens (tertiary/aromatic N) is 4. The van der Waals surface area contributed by atoms with E-state index in [4.69, 9.17) is 0 Å². The standard InChI is InChI=1S/C29H33N7O2/c1-4-27(37)32-23-6-5-13-36(17-23)16-20-11-12-30-26(14-20)29(38)33-22-9-7-21(8-10-22)25-15-24-19(2)35(3)18-31-28(24)34-25/h4,7-12,14-15,23H,1,5-6,13,16-18H2,2-3H3,(H,31,34)(H,32,37)(H,33,38). The normalized spacial score (nSPS) is 17.4. The minimum Gasteiger partial charge on any atom is -0.358 e. The molecule has 0 radical (unpaired) electrons. The third-order valence-corrected chi connectivity index (χ3v) is 7.15. The number of amides is 2. The van der Waals surface area contributed by atoms with Gasteiger partial charge in [-0.05, 0) is 73.8 Å². The predicted octanol–water partition coefficient (Wildman–Crippen LogP) is 2.25. The van der Waals surface area contributed by atoms with Crippen LogP contribution < -0.4 is 21.3 Å². The van der Waals surface area contributed by atoms with Gasteiger partial charge in [-0.2, -0.15) is 0 Å². The minimum absolute atomic E-state index is 0.108. The molecule has 4 heterocycles. The molecule has 0 bridgehead atoms. The molecule has 1 aromatic carbocycles. The van der Waals surface area contributed by atoms with Crippen molar-refractivity contribution in [1.29, 1.82) is 0 Å². The fraction of sp³-hybridized carbons (Fsp3) is 0.310. The number of nitrogens with one attached hydrogen (secondary N) is 3. The maximum atomic E-state index is 12.9. The van der Waals surface area contributed by atoms with Crippen LogP contribution >= 0.6 is 0 Å². The number of benzene rings is 1. The smallest absolute Gasteiger partial charge is 0.274 e. The molecule has 196 valence electrons. The van der Waals surface area contributed by atoms with E-state index in [1.807, 2.05) is 43.4 Å². The Morgan fingerprint density at radius 2 is 2.03 bits per heavy atom. The summed E-state index contributed by atoms with van der Waals surface area (Å²) in [7, 11) is 2.03. The summed E-state index contributed by atoms with van der Waals surface area (Å²) < 4.78 is 0. The molecule has 9 heteroatoms. The van der Waals surface area contributed by atoms with Gasteiger partial charge < -0.3 is 20.5 Å². The number of hydrogen-bond acceptors (Lipinski definition) is 6. The number of rotatable bonds is 7. The van der Waals surface area contributed by atoms with Crippen LogP contribution in [0.5, 0.6) is 0 Å². The highest BCUT2D eigenvalue weighted by Crippen LogP contribution is 2.20. The van der Waals surface area contributed by atoms with Crippen molar-refractivity contribution in [3.05, 3.63) is 83.3 Å². The van der Waals surface area contributed by atoms with E-state index in [0.717, 1.165) is 53.5 Å². The number of hydrogen-bond donors (Lipinski definition) is 3. The molecule has 0 saturated carbocycles. The average molecular weight is 512 g/mol. The second-order valence-corrected chi connectivity index (χ2v) is 9.90. The van der Waals surface area contributed by atoms with E-state index in [9.17, 15) is 9.59 Å². The predicted molar refractivity (Wildman–Crippen MR) is 148 cm³/mol. The molecule has 2 aliphatic rings. The molecule has 9 nitrogen and oxygen atoms in total. The highest BCUT2D eigenvalue weighted by molar-refractivity contribution is 6.03. The zero-order chi connectivity index (χ0) is 26.6. The number of fused-ring (bicyclic) bond motifs is 1. The van der Waals surface area contributed by atoms with E-state index >= 15 is 0 Å². The molecule has 2 aliphatic heterocycles. The van der Waals surface area contributed by atoms with Crippen LogP contribution in [0.4, 0.5) is 5.69 Å². The topological polar surface area (TPSA) is 106 Å². The molecule has 0 aliphatic carbocycles. The van der Waals surface area contributed by atoms with Crippen molar-refractivity contribution in [2.24, 2.45) is 4.99 Å². The summed E-state index contributed by atoms with van der Waals surface area (Å²) in [5.41, 5.74) is 6.18. The number of aromatic amines is 1. The highest BCUT2D eigenvalue weighted by Gasteiger charge is 2.21. The quantitative estimate of drug-likeness (QED) is 0.422. The van der Waals surface area contributed by atoms with Crippen molar-refractivity contribution in [2.75, 3.05) is 32.1 Å². The lowest BCUT2D eigenvalue weighted by Crippen LogP contribution is -2.46. The van der Waals surface area contributed by atoms with E-state index < -0.39 is 0 Å². The van der Waals surface area contributed by atoms with Gasteiger partial charge in [0, 0.05) is 54.7 Å². The number of likely N-dealkylation sites (tertiary alicyclic amines) is 1. The lowest BCUT2D eigenvalue weighted by molar-refractivity contribution is -0.117. The molecule has 2 aromatic heterocycles. The fourth-order valence-electron chi connectivity index (χ4n) is 4.95. The van der Waals surface area contributed by atoms with Crippen LogP contribution in [0.25, 0.3) is 17.0 Å². The van der Waals surface area contributed by atoms with Crippen molar-refractivity contribution in [3.63, 3.8) is 0 Å². The number of carbonyl (C=O) groups excluding carboxylic acids is 2. The molecule has 3 aromatic rings. The third kappa shape index (κ3) is 5.68. The summed E-state index contributed by atoms with van der Waals surface area (Å²) in [4.78, 5) is 41.3. The van der Waals surface area contributed by atoms with Gasteiger partial charge in [-0.25, -0.2) is 4.99 Å². The maximum Gasteiger partial charge on any atom is 0.274 e. The molecule has 1 unspecified atom stereocenters. The molecular weight excluding hydrogens is 478 g/mol.